The van der Waals surface area contributed by atoms with Crippen molar-refractivity contribution in [3.63, 3.8) is 0 Å². The Morgan fingerprint density at radius 2 is 0.885 bits per heavy atom. The van der Waals surface area contributed by atoms with Gasteiger partial charge in [-0.15, -0.1) is 0 Å². The van der Waals surface area contributed by atoms with Gasteiger partial charge in [-0.25, -0.2) is 0 Å². The van der Waals surface area contributed by atoms with E-state index in [-0.39, 0.29) is 0 Å². The highest BCUT2D eigenvalue weighted by atomic mass is 15.2. The van der Waals surface area contributed by atoms with Gasteiger partial charge in [-0.05, 0) is 24.3 Å². The van der Waals surface area contributed by atoms with E-state index >= 15 is 0 Å². The summed E-state index contributed by atoms with van der Waals surface area (Å²) in [4.78, 5) is 13.6. The van der Waals surface area contributed by atoms with Gasteiger partial charge in [0.1, 0.15) is 0 Å². The highest BCUT2D eigenvalue weighted by Crippen LogP contribution is 2.21. The number of rotatable bonds is 5. The van der Waals surface area contributed by atoms with E-state index < -0.39 is 0 Å². The molecule has 0 aliphatic carbocycles. The maximum Gasteiger partial charge on any atom is 0.232 e. The average Bonchev–Trinajstić information content (AvgIpc) is 2.70. The molecule has 0 saturated carbocycles. The molecule has 1 aromatic heterocycles. The van der Waals surface area contributed by atoms with Crippen molar-refractivity contribution in [1.82, 2.24) is 15.0 Å². The third-order valence-electron chi connectivity index (χ3n) is 3.73. The van der Waals surface area contributed by atoms with Crippen LogP contribution in [0, 0.1) is 0 Å². The van der Waals surface area contributed by atoms with Crippen molar-refractivity contribution in [2.24, 2.45) is 0 Å². The fourth-order valence-corrected chi connectivity index (χ4v) is 2.51. The Morgan fingerprint density at radius 1 is 0.462 bits per heavy atom. The summed E-state index contributed by atoms with van der Waals surface area (Å²) in [5.41, 5.74) is 2.77. The standard InChI is InChI=1S/C21H17N5/c1-4-10-16(11-5-1)19-24-20(22-17-12-6-2-7-13-17)26-21(25-19)23-18-14-8-3-9-15-18/h1-15H,(H2,22,23,24,25,26). The van der Waals surface area contributed by atoms with Crippen molar-refractivity contribution in [3.8, 4) is 11.4 Å². The van der Waals surface area contributed by atoms with Gasteiger partial charge < -0.3 is 10.6 Å². The first-order valence-corrected chi connectivity index (χ1v) is 8.32. The van der Waals surface area contributed by atoms with E-state index in [1.807, 2.05) is 91.0 Å². The number of para-hydroxylation sites is 2. The molecule has 0 fully saturated rings. The Hall–Kier alpha value is -3.73. The molecule has 2 N–H and O–H groups in total. The second kappa shape index (κ2) is 7.44. The summed E-state index contributed by atoms with van der Waals surface area (Å²) < 4.78 is 0. The molecule has 0 atom stereocenters. The van der Waals surface area contributed by atoms with E-state index in [4.69, 9.17) is 0 Å². The molecule has 5 heteroatoms. The molecule has 4 rings (SSSR count). The van der Waals surface area contributed by atoms with Crippen molar-refractivity contribution in [1.29, 1.82) is 0 Å². The Morgan fingerprint density at radius 3 is 1.35 bits per heavy atom. The number of aromatic nitrogens is 3. The van der Waals surface area contributed by atoms with Gasteiger partial charge in [-0.3, -0.25) is 0 Å². The summed E-state index contributed by atoms with van der Waals surface area (Å²) >= 11 is 0. The Kier molecular flexibility index (Phi) is 4.52. The lowest BCUT2D eigenvalue weighted by Crippen LogP contribution is -2.05. The summed E-state index contributed by atoms with van der Waals surface area (Å²) in [7, 11) is 0. The number of hydrogen-bond donors (Lipinski definition) is 2. The fourth-order valence-electron chi connectivity index (χ4n) is 2.51. The molecule has 0 aliphatic rings. The van der Waals surface area contributed by atoms with Crippen molar-refractivity contribution in [3.05, 3.63) is 91.0 Å². The summed E-state index contributed by atoms with van der Waals surface area (Å²) in [6, 6.07) is 29.5. The molecule has 0 saturated heterocycles. The van der Waals surface area contributed by atoms with Crippen LogP contribution in [0.15, 0.2) is 91.0 Å². The van der Waals surface area contributed by atoms with Crippen LogP contribution in [0.3, 0.4) is 0 Å². The Balaban J connectivity index is 1.72. The van der Waals surface area contributed by atoms with Crippen LogP contribution < -0.4 is 10.6 Å². The molecule has 0 radical (unpaired) electrons. The van der Waals surface area contributed by atoms with E-state index in [1.54, 1.807) is 0 Å². The Bertz CT molecular complexity index is 913. The predicted molar refractivity (Wildman–Crippen MR) is 105 cm³/mol. The zero-order valence-electron chi connectivity index (χ0n) is 14.0. The molecule has 0 unspecified atom stereocenters. The molecular weight excluding hydrogens is 322 g/mol. The minimum Gasteiger partial charge on any atom is -0.324 e. The van der Waals surface area contributed by atoms with Crippen molar-refractivity contribution >= 4 is 23.3 Å². The lowest BCUT2D eigenvalue weighted by molar-refractivity contribution is 1.07. The topological polar surface area (TPSA) is 62.7 Å². The molecule has 5 nitrogen and oxygen atoms in total. The SMILES string of the molecule is c1ccc(Nc2nc(Nc3ccccc3)nc(-c3ccccc3)n2)cc1. The highest BCUT2D eigenvalue weighted by Gasteiger charge is 2.09. The third-order valence-corrected chi connectivity index (χ3v) is 3.73. The number of nitrogens with zero attached hydrogens (tertiary/aromatic N) is 3. The minimum atomic E-state index is 0.489. The van der Waals surface area contributed by atoms with Gasteiger partial charge in [-0.2, -0.15) is 15.0 Å². The summed E-state index contributed by atoms with van der Waals surface area (Å²) in [5, 5.41) is 6.48. The summed E-state index contributed by atoms with van der Waals surface area (Å²) in [6.45, 7) is 0. The van der Waals surface area contributed by atoms with Crippen LogP contribution in [0.25, 0.3) is 11.4 Å². The van der Waals surface area contributed by atoms with Crippen LogP contribution in [0.4, 0.5) is 23.3 Å². The van der Waals surface area contributed by atoms with Crippen molar-refractivity contribution in [2.45, 2.75) is 0 Å². The monoisotopic (exact) mass is 339 g/mol. The van der Waals surface area contributed by atoms with Gasteiger partial charge in [0.15, 0.2) is 5.82 Å². The van der Waals surface area contributed by atoms with Crippen molar-refractivity contribution in [2.75, 3.05) is 10.6 Å². The lowest BCUT2D eigenvalue weighted by Gasteiger charge is -2.10. The normalized spacial score (nSPS) is 10.3. The number of hydrogen-bond acceptors (Lipinski definition) is 5. The molecule has 4 aromatic rings. The smallest absolute Gasteiger partial charge is 0.232 e. The van der Waals surface area contributed by atoms with Crippen LogP contribution in [0.1, 0.15) is 0 Å². The second-order valence-electron chi connectivity index (χ2n) is 5.65. The first kappa shape index (κ1) is 15.8. The van der Waals surface area contributed by atoms with Crippen LogP contribution in [-0.4, -0.2) is 15.0 Å². The maximum absolute atomic E-state index is 4.57. The highest BCUT2D eigenvalue weighted by molar-refractivity contribution is 5.63. The van der Waals surface area contributed by atoms with Crippen LogP contribution in [-0.2, 0) is 0 Å². The molecule has 0 amide bonds. The second-order valence-corrected chi connectivity index (χ2v) is 5.65. The Labute approximate surface area is 151 Å². The molecule has 26 heavy (non-hydrogen) atoms. The summed E-state index contributed by atoms with van der Waals surface area (Å²) in [5.74, 6) is 1.59. The predicted octanol–water partition coefficient (Wildman–Crippen LogP) is 5.03. The van der Waals surface area contributed by atoms with E-state index in [0.717, 1.165) is 16.9 Å². The number of anilines is 4. The zero-order valence-corrected chi connectivity index (χ0v) is 14.0. The largest absolute Gasteiger partial charge is 0.324 e. The zero-order chi connectivity index (χ0) is 17.6. The molecule has 3 aromatic carbocycles. The third kappa shape index (κ3) is 3.84. The number of nitrogens with one attached hydrogen (secondary N) is 2. The van der Waals surface area contributed by atoms with Crippen LogP contribution >= 0.6 is 0 Å². The molecule has 126 valence electrons. The van der Waals surface area contributed by atoms with Gasteiger partial charge in [0.2, 0.25) is 11.9 Å². The quantitative estimate of drug-likeness (QED) is 0.534. The lowest BCUT2D eigenvalue weighted by atomic mass is 10.2. The van der Waals surface area contributed by atoms with Crippen LogP contribution in [0.2, 0.25) is 0 Å². The first-order chi connectivity index (χ1) is 12.9. The minimum absolute atomic E-state index is 0.489. The number of benzene rings is 3. The van der Waals surface area contributed by atoms with Crippen LogP contribution in [0.5, 0.6) is 0 Å². The van der Waals surface area contributed by atoms with Gasteiger partial charge in [0, 0.05) is 16.9 Å². The first-order valence-electron chi connectivity index (χ1n) is 8.32. The van der Waals surface area contributed by atoms with Gasteiger partial charge in [-0.1, -0.05) is 66.7 Å². The fraction of sp³-hybridized carbons (Fsp3) is 0. The van der Waals surface area contributed by atoms with Gasteiger partial charge in [0.25, 0.3) is 0 Å². The van der Waals surface area contributed by atoms with Crippen molar-refractivity contribution < 1.29 is 0 Å². The molecular formula is C21H17N5. The van der Waals surface area contributed by atoms with E-state index in [2.05, 4.69) is 25.6 Å². The van der Waals surface area contributed by atoms with Gasteiger partial charge in [0.05, 0.1) is 0 Å². The van der Waals surface area contributed by atoms with Gasteiger partial charge >= 0.3 is 0 Å². The maximum atomic E-state index is 4.57. The molecule has 0 spiro atoms. The molecule has 0 aliphatic heterocycles. The average molecular weight is 339 g/mol. The summed E-state index contributed by atoms with van der Waals surface area (Å²) in [6.07, 6.45) is 0. The van der Waals surface area contributed by atoms with E-state index in [1.165, 1.54) is 0 Å². The molecule has 1 heterocycles. The van der Waals surface area contributed by atoms with E-state index in [0.29, 0.717) is 17.7 Å². The molecule has 0 bridgehead atoms. The van der Waals surface area contributed by atoms with E-state index in [9.17, 15) is 0 Å².